The summed E-state index contributed by atoms with van der Waals surface area (Å²) >= 11 is 0. The molecule has 1 amide bonds. The number of Topliss-reactive ketones (excluding diaryl/α,β-unsaturated/α-hetero) is 1. The number of carbonyl (C=O) groups excluding carboxylic acids is 2. The highest BCUT2D eigenvalue weighted by Gasteiger charge is 2.45. The minimum absolute atomic E-state index is 0.1000. The van der Waals surface area contributed by atoms with E-state index in [1.165, 1.54) is 0 Å². The van der Waals surface area contributed by atoms with Crippen molar-refractivity contribution >= 4 is 17.4 Å². The molecular weight excluding hydrogens is 406 g/mol. The molecule has 2 aromatic rings. The van der Waals surface area contributed by atoms with Crippen molar-refractivity contribution in [2.75, 3.05) is 32.8 Å². The van der Waals surface area contributed by atoms with Gasteiger partial charge in [0, 0.05) is 31.0 Å². The van der Waals surface area contributed by atoms with Crippen LogP contribution in [0.15, 0.2) is 54.4 Å². The Hall–Kier alpha value is -3.19. The molecule has 1 fully saturated rings. The minimum Gasteiger partial charge on any atom is -0.507 e. The standard InChI is InChI=1S/C25H31N3O4/c1-4-17-32-20-9-7-19(8-10-20)23(29)21-22(18-11-13-26-14-12-18)28(25(31)24(21)30)16-15-27(5-2)6-3/h7-14,22,29H,4-6,15-17H2,1-3H3/b23-21+/t22-/m1/s1. The van der Waals surface area contributed by atoms with E-state index in [9.17, 15) is 14.7 Å². The third-order valence-corrected chi connectivity index (χ3v) is 5.71. The Morgan fingerprint density at radius 2 is 1.72 bits per heavy atom. The van der Waals surface area contributed by atoms with Crippen LogP contribution in [0.4, 0.5) is 0 Å². The van der Waals surface area contributed by atoms with Crippen LogP contribution in [0.25, 0.3) is 5.76 Å². The molecule has 0 bridgehead atoms. The maximum Gasteiger partial charge on any atom is 0.295 e. The van der Waals surface area contributed by atoms with E-state index in [0.29, 0.717) is 31.0 Å². The number of nitrogens with zero attached hydrogens (tertiary/aromatic N) is 3. The molecule has 0 saturated carbocycles. The summed E-state index contributed by atoms with van der Waals surface area (Å²) in [6, 6.07) is 9.79. The lowest BCUT2D eigenvalue weighted by atomic mass is 9.96. The minimum atomic E-state index is -0.671. The van der Waals surface area contributed by atoms with E-state index >= 15 is 0 Å². The van der Waals surface area contributed by atoms with Crippen LogP contribution < -0.4 is 4.74 Å². The number of pyridine rings is 1. The van der Waals surface area contributed by atoms with Crippen LogP contribution in [0.2, 0.25) is 0 Å². The second-order valence-electron chi connectivity index (χ2n) is 7.67. The molecule has 0 radical (unpaired) electrons. The van der Waals surface area contributed by atoms with Crippen LogP contribution >= 0.6 is 0 Å². The Bertz CT molecular complexity index is 953. The van der Waals surface area contributed by atoms with Gasteiger partial charge in [-0.1, -0.05) is 20.8 Å². The molecule has 7 nitrogen and oxygen atoms in total. The smallest absolute Gasteiger partial charge is 0.295 e. The van der Waals surface area contributed by atoms with Crippen molar-refractivity contribution in [3.05, 3.63) is 65.5 Å². The number of hydrogen-bond donors (Lipinski definition) is 1. The Labute approximate surface area is 189 Å². The van der Waals surface area contributed by atoms with Gasteiger partial charge in [-0.3, -0.25) is 14.6 Å². The van der Waals surface area contributed by atoms with Crippen LogP contribution in [0.3, 0.4) is 0 Å². The van der Waals surface area contributed by atoms with Crippen LogP contribution in [-0.4, -0.2) is 64.4 Å². The summed E-state index contributed by atoms with van der Waals surface area (Å²) in [5.74, 6) is -0.759. The number of rotatable bonds is 10. The Morgan fingerprint density at radius 1 is 1.06 bits per heavy atom. The first-order chi connectivity index (χ1) is 15.5. The molecule has 3 rings (SSSR count). The van der Waals surface area contributed by atoms with E-state index < -0.39 is 17.7 Å². The molecule has 0 spiro atoms. The van der Waals surface area contributed by atoms with Crippen molar-refractivity contribution in [2.24, 2.45) is 0 Å². The Kier molecular flexibility index (Phi) is 8.00. The monoisotopic (exact) mass is 437 g/mol. The lowest BCUT2D eigenvalue weighted by Gasteiger charge is -2.28. The average Bonchev–Trinajstić information content (AvgIpc) is 3.08. The van der Waals surface area contributed by atoms with Crippen molar-refractivity contribution in [3.63, 3.8) is 0 Å². The highest BCUT2D eigenvalue weighted by atomic mass is 16.5. The summed E-state index contributed by atoms with van der Waals surface area (Å²) in [7, 11) is 0. The second-order valence-corrected chi connectivity index (χ2v) is 7.67. The van der Waals surface area contributed by atoms with Crippen molar-refractivity contribution in [1.29, 1.82) is 0 Å². The zero-order valence-electron chi connectivity index (χ0n) is 19.0. The highest BCUT2D eigenvalue weighted by Crippen LogP contribution is 2.39. The fraction of sp³-hybridized carbons (Fsp3) is 0.400. The lowest BCUT2D eigenvalue weighted by molar-refractivity contribution is -0.140. The molecule has 32 heavy (non-hydrogen) atoms. The zero-order chi connectivity index (χ0) is 23.1. The summed E-state index contributed by atoms with van der Waals surface area (Å²) in [5.41, 5.74) is 1.31. The van der Waals surface area contributed by atoms with Crippen molar-refractivity contribution in [1.82, 2.24) is 14.8 Å². The summed E-state index contributed by atoms with van der Waals surface area (Å²) in [5, 5.41) is 11.1. The molecule has 7 heteroatoms. The van der Waals surface area contributed by atoms with Gasteiger partial charge >= 0.3 is 0 Å². The number of ketones is 1. The number of hydrogen-bond acceptors (Lipinski definition) is 6. The van der Waals surface area contributed by atoms with Gasteiger partial charge in [-0.05, 0) is 61.5 Å². The topological polar surface area (TPSA) is 83.0 Å². The third-order valence-electron chi connectivity index (χ3n) is 5.71. The Balaban J connectivity index is 2.00. The number of aliphatic hydroxyl groups is 1. The summed E-state index contributed by atoms with van der Waals surface area (Å²) in [6.45, 7) is 9.49. The lowest BCUT2D eigenvalue weighted by Crippen LogP contribution is -2.38. The normalized spacial score (nSPS) is 17.9. The molecule has 1 atom stereocenters. The van der Waals surface area contributed by atoms with Gasteiger partial charge < -0.3 is 19.6 Å². The zero-order valence-corrected chi connectivity index (χ0v) is 19.0. The van der Waals surface area contributed by atoms with Gasteiger partial charge in [0.15, 0.2) is 0 Å². The van der Waals surface area contributed by atoms with Gasteiger partial charge in [0.1, 0.15) is 11.5 Å². The molecule has 1 aliphatic heterocycles. The summed E-state index contributed by atoms with van der Waals surface area (Å²) in [4.78, 5) is 33.8. The third kappa shape index (κ3) is 4.99. The van der Waals surface area contributed by atoms with Gasteiger partial charge in [-0.2, -0.15) is 0 Å². The largest absolute Gasteiger partial charge is 0.507 e. The maximum absolute atomic E-state index is 13.0. The molecule has 1 saturated heterocycles. The number of likely N-dealkylation sites (N-methyl/N-ethyl adjacent to an activating group) is 1. The number of ether oxygens (including phenoxy) is 1. The molecule has 170 valence electrons. The fourth-order valence-corrected chi connectivity index (χ4v) is 3.88. The first-order valence-electron chi connectivity index (χ1n) is 11.2. The van der Waals surface area contributed by atoms with Crippen LogP contribution in [-0.2, 0) is 9.59 Å². The van der Waals surface area contributed by atoms with Crippen LogP contribution in [0, 0.1) is 0 Å². The molecule has 0 unspecified atom stereocenters. The van der Waals surface area contributed by atoms with Crippen molar-refractivity contribution in [3.8, 4) is 5.75 Å². The molecule has 1 aliphatic rings. The number of carbonyl (C=O) groups is 2. The maximum atomic E-state index is 13.0. The van der Waals surface area contributed by atoms with E-state index in [0.717, 1.165) is 25.1 Å². The van der Waals surface area contributed by atoms with Crippen LogP contribution in [0.5, 0.6) is 5.75 Å². The van der Waals surface area contributed by atoms with Crippen LogP contribution in [0.1, 0.15) is 44.4 Å². The molecule has 2 heterocycles. The molecule has 0 aliphatic carbocycles. The number of likely N-dealkylation sites (tertiary alicyclic amines) is 1. The van der Waals surface area contributed by atoms with Gasteiger partial charge in [0.25, 0.3) is 11.7 Å². The summed E-state index contributed by atoms with van der Waals surface area (Å²) < 4.78 is 5.60. The number of aliphatic hydroxyl groups excluding tert-OH is 1. The molecule has 1 aromatic heterocycles. The van der Waals surface area contributed by atoms with E-state index in [-0.39, 0.29) is 11.3 Å². The first kappa shape index (κ1) is 23.5. The van der Waals surface area contributed by atoms with E-state index in [1.807, 2.05) is 6.92 Å². The second kappa shape index (κ2) is 10.9. The SMILES string of the molecule is CCCOc1ccc(/C(O)=C2\C(=O)C(=O)N(CCN(CC)CC)[C@@H]2c2ccncc2)cc1. The van der Waals surface area contributed by atoms with Crippen molar-refractivity contribution in [2.45, 2.75) is 33.2 Å². The van der Waals surface area contributed by atoms with Gasteiger partial charge in [0.05, 0.1) is 18.2 Å². The highest BCUT2D eigenvalue weighted by molar-refractivity contribution is 6.46. The fourth-order valence-electron chi connectivity index (χ4n) is 3.88. The molecule has 1 aromatic carbocycles. The molecule has 1 N–H and O–H groups in total. The van der Waals surface area contributed by atoms with Crippen molar-refractivity contribution < 1.29 is 19.4 Å². The Morgan fingerprint density at radius 3 is 2.31 bits per heavy atom. The molecular formula is C25H31N3O4. The van der Waals surface area contributed by atoms with Gasteiger partial charge in [-0.25, -0.2) is 0 Å². The van der Waals surface area contributed by atoms with E-state index in [2.05, 4.69) is 23.7 Å². The predicted molar refractivity (Wildman–Crippen MR) is 123 cm³/mol. The van der Waals surface area contributed by atoms with Gasteiger partial charge in [-0.15, -0.1) is 0 Å². The van der Waals surface area contributed by atoms with E-state index in [4.69, 9.17) is 4.74 Å². The number of benzene rings is 1. The number of amides is 1. The predicted octanol–water partition coefficient (Wildman–Crippen LogP) is 3.63. The quantitative estimate of drug-likeness (QED) is 0.347. The van der Waals surface area contributed by atoms with Gasteiger partial charge in [0.2, 0.25) is 0 Å². The van der Waals surface area contributed by atoms with E-state index in [1.54, 1.807) is 53.7 Å². The summed E-state index contributed by atoms with van der Waals surface area (Å²) in [6.07, 6.45) is 4.14. The first-order valence-corrected chi connectivity index (χ1v) is 11.2. The number of aromatic nitrogens is 1. The average molecular weight is 438 g/mol.